The largest absolute Gasteiger partial charge is 0.324 e. The Hall–Kier alpha value is -3.74. The topological polar surface area (TPSA) is 81.8 Å². The second-order valence-corrected chi connectivity index (χ2v) is 8.81. The van der Waals surface area contributed by atoms with Gasteiger partial charge >= 0.3 is 0 Å². The molecule has 0 spiro atoms. The van der Waals surface area contributed by atoms with Gasteiger partial charge in [-0.05, 0) is 74.1 Å². The minimum absolute atomic E-state index is 0.151. The van der Waals surface area contributed by atoms with Crippen LogP contribution < -0.4 is 10.9 Å². The SMILES string of the molecule is CCc1ccc(NC(=O)Cn2nc(C3CC3)c3cnn(-c4ccc(C)c(C)c4)c3c2=O)cc1. The third-order valence-electron chi connectivity index (χ3n) is 6.35. The summed E-state index contributed by atoms with van der Waals surface area (Å²) >= 11 is 0. The Labute approximate surface area is 192 Å². The van der Waals surface area contributed by atoms with Crippen molar-refractivity contribution in [1.29, 1.82) is 0 Å². The number of hydrogen-bond donors (Lipinski definition) is 1. The summed E-state index contributed by atoms with van der Waals surface area (Å²) in [5, 5.41) is 12.8. The summed E-state index contributed by atoms with van der Waals surface area (Å²) in [6.45, 7) is 6.03. The molecular weight excluding hydrogens is 414 g/mol. The van der Waals surface area contributed by atoms with Crippen molar-refractivity contribution in [2.24, 2.45) is 0 Å². The number of carbonyl (C=O) groups excluding carboxylic acids is 1. The van der Waals surface area contributed by atoms with Crippen LogP contribution in [0.15, 0.2) is 53.5 Å². The lowest BCUT2D eigenvalue weighted by molar-refractivity contribution is -0.117. The zero-order valence-corrected chi connectivity index (χ0v) is 19.1. The van der Waals surface area contributed by atoms with Crippen molar-refractivity contribution < 1.29 is 4.79 Å². The molecule has 1 N–H and O–H groups in total. The monoisotopic (exact) mass is 441 g/mol. The molecule has 0 unspecified atom stereocenters. The van der Waals surface area contributed by atoms with E-state index in [1.165, 1.54) is 15.8 Å². The fourth-order valence-corrected chi connectivity index (χ4v) is 4.07. The molecule has 2 aromatic carbocycles. The predicted octanol–water partition coefficient (Wildman–Crippen LogP) is 4.28. The van der Waals surface area contributed by atoms with Crippen LogP contribution in [-0.2, 0) is 17.8 Å². The Balaban J connectivity index is 1.53. The highest BCUT2D eigenvalue weighted by molar-refractivity contribution is 5.91. The Kier molecular flexibility index (Phi) is 5.32. The summed E-state index contributed by atoms with van der Waals surface area (Å²) in [4.78, 5) is 26.2. The van der Waals surface area contributed by atoms with Crippen LogP contribution in [0, 0.1) is 13.8 Å². The standard InChI is InChI=1S/C26H27N5O2/c1-4-18-6-10-20(11-7-18)28-23(32)15-30-26(33)25-22(24(29-30)19-8-9-19)14-27-31(25)21-12-5-16(2)17(3)13-21/h5-7,10-14,19H,4,8-9,15H2,1-3H3,(H,28,32). The third kappa shape index (κ3) is 4.06. The van der Waals surface area contributed by atoms with E-state index in [0.29, 0.717) is 17.1 Å². The van der Waals surface area contributed by atoms with Crippen molar-refractivity contribution in [2.75, 3.05) is 5.32 Å². The van der Waals surface area contributed by atoms with Gasteiger partial charge in [0.15, 0.2) is 0 Å². The zero-order chi connectivity index (χ0) is 23.1. The molecule has 1 saturated carbocycles. The Bertz CT molecular complexity index is 1410. The maximum atomic E-state index is 13.5. The minimum Gasteiger partial charge on any atom is -0.324 e. The Morgan fingerprint density at radius 3 is 2.52 bits per heavy atom. The predicted molar refractivity (Wildman–Crippen MR) is 129 cm³/mol. The summed E-state index contributed by atoms with van der Waals surface area (Å²) in [6, 6.07) is 13.7. The molecule has 0 atom stereocenters. The summed E-state index contributed by atoms with van der Waals surface area (Å²) in [7, 11) is 0. The van der Waals surface area contributed by atoms with Gasteiger partial charge in [0.05, 0.1) is 17.6 Å². The number of nitrogens with zero attached hydrogens (tertiary/aromatic N) is 4. The molecule has 7 nitrogen and oxygen atoms in total. The highest BCUT2D eigenvalue weighted by Gasteiger charge is 2.30. The van der Waals surface area contributed by atoms with Gasteiger partial charge in [-0.1, -0.05) is 25.1 Å². The summed E-state index contributed by atoms with van der Waals surface area (Å²) < 4.78 is 2.96. The van der Waals surface area contributed by atoms with E-state index in [-0.39, 0.29) is 18.0 Å². The van der Waals surface area contributed by atoms with Crippen molar-refractivity contribution >= 4 is 22.5 Å². The lowest BCUT2D eigenvalue weighted by Crippen LogP contribution is -2.31. The van der Waals surface area contributed by atoms with Gasteiger partial charge in [-0.25, -0.2) is 9.36 Å². The van der Waals surface area contributed by atoms with Gasteiger partial charge < -0.3 is 5.32 Å². The van der Waals surface area contributed by atoms with Gasteiger partial charge in [0.2, 0.25) is 5.91 Å². The number of hydrogen-bond acceptors (Lipinski definition) is 4. The number of rotatable bonds is 6. The fourth-order valence-electron chi connectivity index (χ4n) is 4.07. The van der Waals surface area contributed by atoms with Crippen LogP contribution in [0.25, 0.3) is 16.6 Å². The van der Waals surface area contributed by atoms with E-state index >= 15 is 0 Å². The summed E-state index contributed by atoms with van der Waals surface area (Å²) in [5.74, 6) is 0.0218. The normalized spacial score (nSPS) is 13.4. The van der Waals surface area contributed by atoms with E-state index < -0.39 is 0 Å². The smallest absolute Gasteiger partial charge is 0.293 e. The molecule has 0 bridgehead atoms. The maximum absolute atomic E-state index is 13.5. The average Bonchev–Trinajstić information content (AvgIpc) is 3.56. The van der Waals surface area contributed by atoms with Crippen molar-refractivity contribution in [3.63, 3.8) is 0 Å². The van der Waals surface area contributed by atoms with E-state index in [1.54, 1.807) is 10.9 Å². The molecule has 0 saturated heterocycles. The lowest BCUT2D eigenvalue weighted by atomic mass is 10.1. The van der Waals surface area contributed by atoms with Crippen molar-refractivity contribution in [2.45, 2.75) is 52.5 Å². The quantitative estimate of drug-likeness (QED) is 0.484. The molecule has 4 aromatic rings. The van der Waals surface area contributed by atoms with Gasteiger partial charge in [-0.2, -0.15) is 10.2 Å². The first kappa shape index (κ1) is 21.1. The van der Waals surface area contributed by atoms with E-state index in [1.807, 2.05) is 49.4 Å². The van der Waals surface area contributed by atoms with Crippen molar-refractivity contribution in [1.82, 2.24) is 19.6 Å². The van der Waals surface area contributed by atoms with Crippen molar-refractivity contribution in [3.8, 4) is 5.69 Å². The van der Waals surface area contributed by atoms with Crippen LogP contribution >= 0.6 is 0 Å². The van der Waals surface area contributed by atoms with Gasteiger partial charge in [0.1, 0.15) is 12.1 Å². The van der Waals surface area contributed by atoms with Gasteiger partial charge in [0, 0.05) is 17.0 Å². The Morgan fingerprint density at radius 2 is 1.85 bits per heavy atom. The fraction of sp³-hybridized carbons (Fsp3) is 0.308. The van der Waals surface area contributed by atoms with Gasteiger partial charge in [-0.3, -0.25) is 9.59 Å². The highest BCUT2D eigenvalue weighted by Crippen LogP contribution is 2.41. The molecule has 0 radical (unpaired) electrons. The number of aromatic nitrogens is 4. The second kappa shape index (κ2) is 8.31. The first-order valence-corrected chi connectivity index (χ1v) is 11.4. The van der Waals surface area contributed by atoms with Crippen LogP contribution in [0.1, 0.15) is 48.1 Å². The molecular formula is C26H27N5O2. The molecule has 168 valence electrons. The summed E-state index contributed by atoms with van der Waals surface area (Å²) in [5.41, 5.74) is 6.03. The number of fused-ring (bicyclic) bond motifs is 1. The molecule has 1 fully saturated rings. The van der Waals surface area contributed by atoms with Crippen molar-refractivity contribution in [3.05, 3.63) is 81.4 Å². The first-order valence-electron chi connectivity index (χ1n) is 11.4. The lowest BCUT2D eigenvalue weighted by Gasteiger charge is -2.11. The van der Waals surface area contributed by atoms with Gasteiger partial charge in [0.25, 0.3) is 5.56 Å². The van der Waals surface area contributed by atoms with Crippen LogP contribution in [-0.4, -0.2) is 25.5 Å². The molecule has 0 aliphatic heterocycles. The van der Waals surface area contributed by atoms with Gasteiger partial charge in [-0.15, -0.1) is 0 Å². The first-order chi connectivity index (χ1) is 15.9. The number of carbonyl (C=O) groups is 1. The molecule has 1 amide bonds. The van der Waals surface area contributed by atoms with E-state index in [0.717, 1.165) is 41.6 Å². The zero-order valence-electron chi connectivity index (χ0n) is 19.1. The minimum atomic E-state index is -0.318. The van der Waals surface area contributed by atoms with Crippen LogP contribution in [0.4, 0.5) is 5.69 Å². The number of benzene rings is 2. The number of amides is 1. The van der Waals surface area contributed by atoms with Crippen LogP contribution in [0.2, 0.25) is 0 Å². The summed E-state index contributed by atoms with van der Waals surface area (Å²) in [6.07, 6.45) is 4.73. The van der Waals surface area contributed by atoms with E-state index in [4.69, 9.17) is 0 Å². The molecule has 5 rings (SSSR count). The van der Waals surface area contributed by atoms with Crippen LogP contribution in [0.5, 0.6) is 0 Å². The average molecular weight is 442 g/mol. The molecule has 1 aliphatic rings. The maximum Gasteiger partial charge on any atom is 0.293 e. The second-order valence-electron chi connectivity index (χ2n) is 8.81. The molecule has 7 heteroatoms. The van der Waals surface area contributed by atoms with E-state index in [2.05, 4.69) is 29.4 Å². The molecule has 1 aliphatic carbocycles. The number of anilines is 1. The van der Waals surface area contributed by atoms with Crippen LogP contribution in [0.3, 0.4) is 0 Å². The molecule has 2 heterocycles. The number of nitrogens with one attached hydrogen (secondary N) is 1. The third-order valence-corrected chi connectivity index (χ3v) is 6.35. The molecule has 33 heavy (non-hydrogen) atoms. The molecule has 2 aromatic heterocycles. The Morgan fingerprint density at radius 1 is 1.09 bits per heavy atom. The number of aryl methyl sites for hydroxylation is 3. The highest BCUT2D eigenvalue weighted by atomic mass is 16.2. The van der Waals surface area contributed by atoms with E-state index in [9.17, 15) is 9.59 Å².